The molecule has 0 saturated heterocycles. The van der Waals surface area contributed by atoms with E-state index in [1.807, 2.05) is 43.3 Å². The summed E-state index contributed by atoms with van der Waals surface area (Å²) < 4.78 is 0. The zero-order chi connectivity index (χ0) is 14.5. The van der Waals surface area contributed by atoms with Crippen molar-refractivity contribution in [3.63, 3.8) is 0 Å². The molecule has 0 radical (unpaired) electrons. The van der Waals surface area contributed by atoms with Crippen LogP contribution in [0, 0.1) is 6.92 Å². The lowest BCUT2D eigenvalue weighted by atomic mass is 10.1. The number of carbonyl (C=O) groups excluding carboxylic acids is 1. The lowest BCUT2D eigenvalue weighted by molar-refractivity contribution is 0.0940. The maximum Gasteiger partial charge on any atom is 0.253 e. The Labute approximate surface area is 128 Å². The van der Waals surface area contributed by atoms with Gasteiger partial charge in [-0.3, -0.25) is 4.79 Å². The summed E-state index contributed by atoms with van der Waals surface area (Å²) in [6.07, 6.45) is 0. The molecule has 2 aromatic carbocycles. The van der Waals surface area contributed by atoms with E-state index in [1.165, 1.54) is 0 Å². The van der Waals surface area contributed by atoms with Crippen molar-refractivity contribution in [1.29, 1.82) is 0 Å². The Kier molecular flexibility index (Phi) is 5.05. The van der Waals surface area contributed by atoms with Gasteiger partial charge in [0.1, 0.15) is 0 Å². The highest BCUT2D eigenvalue weighted by molar-refractivity contribution is 6.33. The zero-order valence-electron chi connectivity index (χ0n) is 11.1. The fraction of sp³-hybridized carbons (Fsp3) is 0.188. The van der Waals surface area contributed by atoms with E-state index in [1.54, 1.807) is 12.1 Å². The van der Waals surface area contributed by atoms with Crippen molar-refractivity contribution in [1.82, 2.24) is 5.32 Å². The monoisotopic (exact) mass is 307 g/mol. The molecular formula is C16H15Cl2NO. The summed E-state index contributed by atoms with van der Waals surface area (Å²) in [5.41, 5.74) is 2.45. The highest BCUT2D eigenvalue weighted by Crippen LogP contribution is 2.20. The minimum absolute atomic E-state index is 0.218. The molecule has 0 aromatic heterocycles. The number of hydrogen-bond donors (Lipinski definition) is 1. The van der Waals surface area contributed by atoms with E-state index >= 15 is 0 Å². The third-order valence-electron chi connectivity index (χ3n) is 3.03. The highest BCUT2D eigenvalue weighted by Gasteiger charge is 2.16. The lowest BCUT2D eigenvalue weighted by Crippen LogP contribution is -2.29. The lowest BCUT2D eigenvalue weighted by Gasteiger charge is -2.17. The van der Waals surface area contributed by atoms with Crippen LogP contribution in [0.4, 0.5) is 0 Å². The van der Waals surface area contributed by atoms with E-state index in [4.69, 9.17) is 23.2 Å². The van der Waals surface area contributed by atoms with Gasteiger partial charge < -0.3 is 5.32 Å². The van der Waals surface area contributed by atoms with Crippen LogP contribution >= 0.6 is 23.2 Å². The molecule has 0 saturated carbocycles. The normalized spacial score (nSPS) is 11.9. The number of aryl methyl sites for hydroxylation is 1. The third kappa shape index (κ3) is 3.53. The van der Waals surface area contributed by atoms with E-state index in [0.717, 1.165) is 11.1 Å². The van der Waals surface area contributed by atoms with Gasteiger partial charge in [0.2, 0.25) is 0 Å². The summed E-state index contributed by atoms with van der Waals surface area (Å²) >= 11 is 12.1. The van der Waals surface area contributed by atoms with Crippen molar-refractivity contribution < 1.29 is 4.79 Å². The van der Waals surface area contributed by atoms with Crippen LogP contribution in [0.25, 0.3) is 0 Å². The van der Waals surface area contributed by atoms with Crippen LogP contribution in [0.1, 0.15) is 27.5 Å². The van der Waals surface area contributed by atoms with Crippen LogP contribution in [0.5, 0.6) is 0 Å². The molecule has 0 fully saturated rings. The predicted molar refractivity (Wildman–Crippen MR) is 83.6 cm³/mol. The van der Waals surface area contributed by atoms with Gasteiger partial charge in [-0.2, -0.15) is 0 Å². The molecule has 20 heavy (non-hydrogen) atoms. The molecule has 1 unspecified atom stereocenters. The molecule has 1 atom stereocenters. The van der Waals surface area contributed by atoms with Gasteiger partial charge in [0.05, 0.1) is 16.6 Å². The first-order valence-electron chi connectivity index (χ1n) is 6.29. The molecule has 2 aromatic rings. The average Bonchev–Trinajstić information content (AvgIpc) is 2.45. The number of hydrogen-bond acceptors (Lipinski definition) is 1. The average molecular weight is 308 g/mol. The van der Waals surface area contributed by atoms with Crippen molar-refractivity contribution in [2.24, 2.45) is 0 Å². The fourth-order valence-corrected chi connectivity index (χ4v) is 2.51. The van der Waals surface area contributed by atoms with Gasteiger partial charge in [0, 0.05) is 5.88 Å². The van der Waals surface area contributed by atoms with E-state index < -0.39 is 0 Å². The van der Waals surface area contributed by atoms with Crippen LogP contribution < -0.4 is 5.32 Å². The Bertz CT molecular complexity index is 599. The fourth-order valence-electron chi connectivity index (χ4n) is 1.94. The number of nitrogens with one attached hydrogen (secondary N) is 1. The first kappa shape index (κ1) is 14.9. The molecule has 0 aliphatic rings. The van der Waals surface area contributed by atoms with E-state index in [0.29, 0.717) is 16.5 Å². The maximum absolute atomic E-state index is 12.3. The second-order valence-electron chi connectivity index (χ2n) is 4.57. The van der Waals surface area contributed by atoms with E-state index in [-0.39, 0.29) is 11.9 Å². The smallest absolute Gasteiger partial charge is 0.253 e. The van der Waals surface area contributed by atoms with Gasteiger partial charge >= 0.3 is 0 Å². The molecule has 0 spiro atoms. The Balaban J connectivity index is 2.17. The van der Waals surface area contributed by atoms with Crippen LogP contribution in [-0.4, -0.2) is 11.8 Å². The Hall–Kier alpha value is -1.51. The molecule has 1 N–H and O–H groups in total. The first-order chi connectivity index (χ1) is 9.61. The van der Waals surface area contributed by atoms with Crippen molar-refractivity contribution >= 4 is 29.1 Å². The molecular weight excluding hydrogens is 293 g/mol. The van der Waals surface area contributed by atoms with Gasteiger partial charge in [0.25, 0.3) is 5.91 Å². The van der Waals surface area contributed by atoms with Crippen LogP contribution in [-0.2, 0) is 0 Å². The molecule has 2 nitrogen and oxygen atoms in total. The van der Waals surface area contributed by atoms with E-state index in [2.05, 4.69) is 5.32 Å². The minimum Gasteiger partial charge on any atom is -0.344 e. The van der Waals surface area contributed by atoms with Crippen LogP contribution in [0.15, 0.2) is 48.5 Å². The number of amides is 1. The second kappa shape index (κ2) is 6.78. The van der Waals surface area contributed by atoms with Gasteiger partial charge in [-0.1, -0.05) is 48.0 Å². The topological polar surface area (TPSA) is 29.1 Å². The quantitative estimate of drug-likeness (QED) is 0.836. The number of halogens is 2. The minimum atomic E-state index is -0.234. The van der Waals surface area contributed by atoms with Crippen molar-refractivity contribution in [3.05, 3.63) is 70.2 Å². The molecule has 0 heterocycles. The third-order valence-corrected chi connectivity index (χ3v) is 3.65. The molecule has 0 aliphatic carbocycles. The van der Waals surface area contributed by atoms with Gasteiger partial charge in [-0.05, 0) is 30.2 Å². The van der Waals surface area contributed by atoms with Gasteiger partial charge in [0.15, 0.2) is 0 Å². The number of benzene rings is 2. The van der Waals surface area contributed by atoms with Crippen molar-refractivity contribution in [2.75, 3.05) is 5.88 Å². The number of alkyl halides is 1. The van der Waals surface area contributed by atoms with Gasteiger partial charge in [-0.15, -0.1) is 11.6 Å². The second-order valence-corrected chi connectivity index (χ2v) is 5.29. The van der Waals surface area contributed by atoms with Crippen molar-refractivity contribution in [2.45, 2.75) is 13.0 Å². The van der Waals surface area contributed by atoms with Crippen LogP contribution in [0.3, 0.4) is 0 Å². The Morgan fingerprint density at radius 3 is 2.50 bits per heavy atom. The summed E-state index contributed by atoms with van der Waals surface area (Å²) in [5, 5.41) is 3.35. The number of rotatable bonds is 4. The van der Waals surface area contributed by atoms with Gasteiger partial charge in [-0.25, -0.2) is 0 Å². The summed E-state index contributed by atoms with van der Waals surface area (Å²) in [5.74, 6) is 0.0867. The summed E-state index contributed by atoms with van der Waals surface area (Å²) in [7, 11) is 0. The molecule has 0 aliphatic heterocycles. The molecule has 1 amide bonds. The number of carbonyl (C=O) groups is 1. The SMILES string of the molecule is Cc1ccc(C(=O)NC(CCl)c2ccccc2)c(Cl)c1. The van der Waals surface area contributed by atoms with E-state index in [9.17, 15) is 4.79 Å². The molecule has 2 rings (SSSR count). The molecule has 4 heteroatoms. The molecule has 104 valence electrons. The Morgan fingerprint density at radius 2 is 1.90 bits per heavy atom. The van der Waals surface area contributed by atoms with Crippen LogP contribution in [0.2, 0.25) is 5.02 Å². The first-order valence-corrected chi connectivity index (χ1v) is 7.21. The summed E-state index contributed by atoms with van der Waals surface area (Å²) in [6.45, 7) is 1.93. The largest absolute Gasteiger partial charge is 0.344 e. The summed E-state index contributed by atoms with van der Waals surface area (Å²) in [6, 6.07) is 14.8. The highest BCUT2D eigenvalue weighted by atomic mass is 35.5. The Morgan fingerprint density at radius 1 is 1.20 bits per heavy atom. The predicted octanol–water partition coefficient (Wildman–Crippen LogP) is 4.36. The maximum atomic E-state index is 12.3. The molecule has 0 bridgehead atoms. The standard InChI is InChI=1S/C16H15Cl2NO/c1-11-7-8-13(14(18)9-11)16(20)19-15(10-17)12-5-3-2-4-6-12/h2-9,15H,10H2,1H3,(H,19,20). The zero-order valence-corrected chi connectivity index (χ0v) is 12.6. The summed E-state index contributed by atoms with van der Waals surface area (Å²) in [4.78, 5) is 12.3. The van der Waals surface area contributed by atoms with Crippen molar-refractivity contribution in [3.8, 4) is 0 Å².